The number of hydrogen-bond donors (Lipinski definition) is 1. The summed E-state index contributed by atoms with van der Waals surface area (Å²) < 4.78 is 10.5. The number of amides is 1. The lowest BCUT2D eigenvalue weighted by molar-refractivity contribution is -0.124. The molecule has 2 rings (SSSR count). The van der Waals surface area contributed by atoms with Crippen molar-refractivity contribution in [1.29, 1.82) is 0 Å². The van der Waals surface area contributed by atoms with Gasteiger partial charge in [0.15, 0.2) is 6.61 Å². The molecule has 0 radical (unpaired) electrons. The van der Waals surface area contributed by atoms with Crippen molar-refractivity contribution in [1.82, 2.24) is 5.32 Å². The highest BCUT2D eigenvalue weighted by Crippen LogP contribution is 2.24. The van der Waals surface area contributed by atoms with E-state index in [4.69, 9.17) is 9.47 Å². The maximum atomic E-state index is 12.1. The fourth-order valence-corrected chi connectivity index (χ4v) is 2.89. The Morgan fingerprint density at radius 1 is 1.22 bits per heavy atom. The highest BCUT2D eigenvalue weighted by atomic mass is 16.5. The van der Waals surface area contributed by atoms with Gasteiger partial charge in [-0.1, -0.05) is 31.9 Å². The summed E-state index contributed by atoms with van der Waals surface area (Å²) in [6, 6.07) is 7.03. The Hall–Kier alpha value is -2.04. The summed E-state index contributed by atoms with van der Waals surface area (Å²) in [7, 11) is 0. The largest absolute Gasteiger partial charge is 0.483 e. The van der Waals surface area contributed by atoms with E-state index >= 15 is 0 Å². The van der Waals surface area contributed by atoms with Crippen molar-refractivity contribution in [2.45, 2.75) is 45.6 Å². The van der Waals surface area contributed by atoms with Crippen LogP contribution in [0, 0.1) is 5.92 Å². The first-order valence-corrected chi connectivity index (χ1v) is 8.30. The van der Waals surface area contributed by atoms with Gasteiger partial charge < -0.3 is 14.8 Å². The van der Waals surface area contributed by atoms with E-state index in [9.17, 15) is 9.59 Å². The molecule has 1 saturated carbocycles. The molecule has 1 N–H and O–H groups in total. The third kappa shape index (κ3) is 4.98. The lowest BCUT2D eigenvalue weighted by Crippen LogP contribution is -2.43. The molecule has 0 aliphatic heterocycles. The Kier molecular flexibility index (Phi) is 6.44. The lowest BCUT2D eigenvalue weighted by Gasteiger charge is -2.29. The molecular formula is C18H25NO4. The van der Waals surface area contributed by atoms with E-state index in [1.807, 2.05) is 0 Å². The molecule has 126 valence electrons. The minimum Gasteiger partial charge on any atom is -0.483 e. The van der Waals surface area contributed by atoms with E-state index in [0.717, 1.165) is 19.3 Å². The van der Waals surface area contributed by atoms with E-state index in [-0.39, 0.29) is 18.6 Å². The molecule has 5 nitrogen and oxygen atoms in total. The zero-order chi connectivity index (χ0) is 16.7. The molecule has 1 aliphatic rings. The number of ether oxygens (including phenoxy) is 2. The van der Waals surface area contributed by atoms with Gasteiger partial charge in [0.25, 0.3) is 5.91 Å². The number of carbonyl (C=O) groups excluding carboxylic acids is 2. The van der Waals surface area contributed by atoms with Gasteiger partial charge in [-0.15, -0.1) is 0 Å². The van der Waals surface area contributed by atoms with Crippen LogP contribution >= 0.6 is 0 Å². The molecule has 0 unspecified atom stereocenters. The molecule has 1 fully saturated rings. The molecule has 2 atom stereocenters. The average molecular weight is 319 g/mol. The molecule has 0 bridgehead atoms. The van der Waals surface area contributed by atoms with Crippen molar-refractivity contribution in [3.8, 4) is 5.75 Å². The van der Waals surface area contributed by atoms with Gasteiger partial charge in [-0.2, -0.15) is 0 Å². The third-order valence-corrected chi connectivity index (χ3v) is 4.20. The molecule has 23 heavy (non-hydrogen) atoms. The predicted octanol–water partition coefficient (Wildman–Crippen LogP) is 2.94. The molecule has 1 aromatic carbocycles. The number of benzene rings is 1. The first-order chi connectivity index (χ1) is 11.1. The predicted molar refractivity (Wildman–Crippen MR) is 87.5 cm³/mol. The van der Waals surface area contributed by atoms with Crippen LogP contribution in [0.4, 0.5) is 0 Å². The highest BCUT2D eigenvalue weighted by Gasteiger charge is 2.23. The molecule has 0 spiro atoms. The van der Waals surface area contributed by atoms with Crippen LogP contribution in [-0.4, -0.2) is 31.1 Å². The first-order valence-electron chi connectivity index (χ1n) is 8.30. The number of nitrogens with one attached hydrogen (secondary N) is 1. The summed E-state index contributed by atoms with van der Waals surface area (Å²) >= 11 is 0. The Labute approximate surface area is 137 Å². The van der Waals surface area contributed by atoms with E-state index in [0.29, 0.717) is 23.8 Å². The highest BCUT2D eigenvalue weighted by molar-refractivity contribution is 5.92. The maximum absolute atomic E-state index is 12.1. The normalized spacial score (nSPS) is 20.6. The van der Waals surface area contributed by atoms with E-state index < -0.39 is 5.97 Å². The minimum absolute atomic E-state index is 0.0976. The first kappa shape index (κ1) is 17.3. The zero-order valence-corrected chi connectivity index (χ0v) is 13.8. The van der Waals surface area contributed by atoms with Crippen LogP contribution in [0.25, 0.3) is 0 Å². The van der Waals surface area contributed by atoms with Crippen LogP contribution in [0.1, 0.15) is 49.9 Å². The SMILES string of the molecule is CCOC(=O)c1ccccc1OCC(=O)N[C@@H]1CCCC[C@H]1C. The summed E-state index contributed by atoms with van der Waals surface area (Å²) in [4.78, 5) is 24.0. The van der Waals surface area contributed by atoms with Crippen LogP contribution in [0.5, 0.6) is 5.75 Å². The minimum atomic E-state index is -0.440. The van der Waals surface area contributed by atoms with Crippen LogP contribution in [-0.2, 0) is 9.53 Å². The van der Waals surface area contributed by atoms with E-state index in [2.05, 4.69) is 12.2 Å². The van der Waals surface area contributed by atoms with Gasteiger partial charge in [-0.05, 0) is 37.8 Å². The molecule has 1 aliphatic carbocycles. The van der Waals surface area contributed by atoms with Gasteiger partial charge in [0.2, 0.25) is 0 Å². The topological polar surface area (TPSA) is 64.6 Å². The summed E-state index contributed by atoms with van der Waals surface area (Å²) in [5.41, 5.74) is 0.341. The van der Waals surface area contributed by atoms with Crippen LogP contribution < -0.4 is 10.1 Å². The second-order valence-electron chi connectivity index (χ2n) is 5.94. The molecule has 0 heterocycles. The molecule has 5 heteroatoms. The van der Waals surface area contributed by atoms with Gasteiger partial charge in [-0.25, -0.2) is 4.79 Å². The Morgan fingerprint density at radius 2 is 1.96 bits per heavy atom. The van der Waals surface area contributed by atoms with Crippen molar-refractivity contribution in [3.05, 3.63) is 29.8 Å². The number of hydrogen-bond acceptors (Lipinski definition) is 4. The lowest BCUT2D eigenvalue weighted by atomic mass is 9.86. The fraction of sp³-hybridized carbons (Fsp3) is 0.556. The zero-order valence-electron chi connectivity index (χ0n) is 13.8. The number of rotatable bonds is 6. The van der Waals surface area contributed by atoms with Gasteiger partial charge in [0, 0.05) is 6.04 Å². The Bertz CT molecular complexity index is 544. The van der Waals surface area contributed by atoms with Gasteiger partial charge in [-0.3, -0.25) is 4.79 Å². The van der Waals surface area contributed by atoms with Crippen LogP contribution in [0.2, 0.25) is 0 Å². The van der Waals surface area contributed by atoms with Crippen molar-refractivity contribution in [2.75, 3.05) is 13.2 Å². The van der Waals surface area contributed by atoms with Crippen LogP contribution in [0.3, 0.4) is 0 Å². The Morgan fingerprint density at radius 3 is 2.70 bits per heavy atom. The van der Waals surface area contributed by atoms with Crippen LogP contribution in [0.15, 0.2) is 24.3 Å². The van der Waals surface area contributed by atoms with Crippen molar-refractivity contribution in [2.24, 2.45) is 5.92 Å². The number of carbonyl (C=O) groups is 2. The maximum Gasteiger partial charge on any atom is 0.341 e. The standard InChI is InChI=1S/C18H25NO4/c1-3-22-18(21)14-9-5-7-11-16(14)23-12-17(20)19-15-10-6-4-8-13(15)2/h5,7,9,11,13,15H,3-4,6,8,10,12H2,1-2H3,(H,19,20)/t13-,15-/m1/s1. The molecule has 0 saturated heterocycles. The quantitative estimate of drug-likeness (QED) is 0.819. The van der Waals surface area contributed by atoms with Crippen molar-refractivity contribution in [3.63, 3.8) is 0 Å². The van der Waals surface area contributed by atoms with Gasteiger partial charge in [0.05, 0.1) is 6.61 Å². The molecule has 1 aromatic rings. The summed E-state index contributed by atoms with van der Waals surface area (Å²) in [5.74, 6) is 0.282. The fourth-order valence-electron chi connectivity index (χ4n) is 2.89. The van der Waals surface area contributed by atoms with Crippen molar-refractivity contribution < 1.29 is 19.1 Å². The summed E-state index contributed by atoms with van der Waals surface area (Å²) in [5, 5.41) is 3.03. The molecular weight excluding hydrogens is 294 g/mol. The number of para-hydroxylation sites is 1. The molecule has 0 aromatic heterocycles. The summed E-state index contributed by atoms with van der Waals surface area (Å²) in [6.45, 7) is 4.12. The summed E-state index contributed by atoms with van der Waals surface area (Å²) in [6.07, 6.45) is 4.56. The smallest absolute Gasteiger partial charge is 0.341 e. The second-order valence-corrected chi connectivity index (χ2v) is 5.94. The van der Waals surface area contributed by atoms with E-state index in [1.54, 1.807) is 31.2 Å². The Balaban J connectivity index is 1.90. The third-order valence-electron chi connectivity index (χ3n) is 4.20. The van der Waals surface area contributed by atoms with Crippen molar-refractivity contribution >= 4 is 11.9 Å². The van der Waals surface area contributed by atoms with Gasteiger partial charge >= 0.3 is 5.97 Å². The second kappa shape index (κ2) is 8.56. The number of esters is 1. The monoisotopic (exact) mass is 319 g/mol. The average Bonchev–Trinajstić information content (AvgIpc) is 2.55. The van der Waals surface area contributed by atoms with Gasteiger partial charge in [0.1, 0.15) is 11.3 Å². The molecule has 1 amide bonds. The van der Waals surface area contributed by atoms with E-state index in [1.165, 1.54) is 6.42 Å².